The van der Waals surface area contributed by atoms with Gasteiger partial charge in [-0.05, 0) is 0 Å². The van der Waals surface area contributed by atoms with Gasteiger partial charge in [0, 0.05) is 18.2 Å². The fourth-order valence-electron chi connectivity index (χ4n) is 1.05. The van der Waals surface area contributed by atoms with Gasteiger partial charge in [-0.2, -0.15) is 0 Å². The lowest BCUT2D eigenvalue weighted by Crippen LogP contribution is -2.33. The largest absolute Gasteiger partial charge is 0.484 e. The van der Waals surface area contributed by atoms with Crippen LogP contribution in [0.2, 0.25) is 0 Å². The summed E-state index contributed by atoms with van der Waals surface area (Å²) in [6.45, 7) is -0.754. The zero-order valence-corrected chi connectivity index (χ0v) is 9.54. The number of carbonyl (C=O) groups is 2. The molecule has 0 spiro atoms. The fourth-order valence-corrected chi connectivity index (χ4v) is 1.05. The molecule has 0 unspecified atom stereocenters. The predicted octanol–water partition coefficient (Wildman–Crippen LogP) is 0.633. The van der Waals surface area contributed by atoms with Crippen molar-refractivity contribution in [2.24, 2.45) is 0 Å². The van der Waals surface area contributed by atoms with Gasteiger partial charge in [0.1, 0.15) is 23.9 Å². The summed E-state index contributed by atoms with van der Waals surface area (Å²) in [6.07, 6.45) is 0. The molecule has 7 heteroatoms. The van der Waals surface area contributed by atoms with Crippen LogP contribution in [-0.2, 0) is 14.3 Å². The molecule has 0 aliphatic heterocycles. The molecule has 0 heterocycles. The van der Waals surface area contributed by atoms with Crippen molar-refractivity contribution in [2.75, 3.05) is 20.3 Å². The maximum Gasteiger partial charge on any atom is 0.325 e. The Morgan fingerprint density at radius 2 is 1.83 bits per heavy atom. The number of methoxy groups -OCH3 is 1. The standard InChI is InChI=1S/C11H11F2NO4/c1-17-11(16)5-14-10(15)6-18-9-3-7(12)2-8(13)4-9/h2-4H,5-6H2,1H3,(H,14,15). The lowest BCUT2D eigenvalue weighted by molar-refractivity contribution is -0.141. The number of ether oxygens (including phenoxy) is 2. The Hall–Kier alpha value is -2.18. The van der Waals surface area contributed by atoms with Gasteiger partial charge in [0.05, 0.1) is 7.11 Å². The summed E-state index contributed by atoms with van der Waals surface area (Å²) >= 11 is 0. The van der Waals surface area contributed by atoms with Crippen molar-refractivity contribution >= 4 is 11.9 Å². The van der Waals surface area contributed by atoms with Crippen molar-refractivity contribution in [3.8, 4) is 5.75 Å². The molecule has 18 heavy (non-hydrogen) atoms. The Morgan fingerprint density at radius 1 is 1.22 bits per heavy atom. The third kappa shape index (κ3) is 4.77. The molecule has 0 saturated carbocycles. The lowest BCUT2D eigenvalue weighted by atomic mass is 10.3. The van der Waals surface area contributed by atoms with E-state index < -0.39 is 30.1 Å². The van der Waals surface area contributed by atoms with E-state index in [1.54, 1.807) is 0 Å². The number of amides is 1. The molecule has 0 atom stereocenters. The van der Waals surface area contributed by atoms with E-state index in [1.807, 2.05) is 0 Å². The average Bonchev–Trinajstić information content (AvgIpc) is 2.32. The van der Waals surface area contributed by atoms with Gasteiger partial charge in [-0.1, -0.05) is 0 Å². The number of rotatable bonds is 5. The van der Waals surface area contributed by atoms with Crippen molar-refractivity contribution in [3.05, 3.63) is 29.8 Å². The summed E-state index contributed by atoms with van der Waals surface area (Å²) < 4.78 is 34.7. The van der Waals surface area contributed by atoms with E-state index in [0.717, 1.165) is 12.1 Å². The summed E-state index contributed by atoms with van der Waals surface area (Å²) in [5, 5.41) is 2.21. The van der Waals surface area contributed by atoms with Crippen LogP contribution in [0.5, 0.6) is 5.75 Å². The number of halogens is 2. The van der Waals surface area contributed by atoms with Crippen molar-refractivity contribution in [1.29, 1.82) is 0 Å². The normalized spacial score (nSPS) is 9.72. The second-order valence-corrected chi connectivity index (χ2v) is 3.25. The number of carbonyl (C=O) groups excluding carboxylic acids is 2. The molecular formula is C11H11F2NO4. The van der Waals surface area contributed by atoms with Gasteiger partial charge >= 0.3 is 5.97 Å². The number of hydrogen-bond acceptors (Lipinski definition) is 4. The van der Waals surface area contributed by atoms with Crippen molar-refractivity contribution in [1.82, 2.24) is 5.32 Å². The van der Waals surface area contributed by atoms with Crippen LogP contribution in [-0.4, -0.2) is 32.1 Å². The van der Waals surface area contributed by atoms with E-state index in [4.69, 9.17) is 4.74 Å². The van der Waals surface area contributed by atoms with E-state index in [-0.39, 0.29) is 12.3 Å². The fraction of sp³-hybridized carbons (Fsp3) is 0.273. The van der Waals surface area contributed by atoms with E-state index in [1.165, 1.54) is 7.11 Å². The second-order valence-electron chi connectivity index (χ2n) is 3.25. The van der Waals surface area contributed by atoms with E-state index in [2.05, 4.69) is 10.1 Å². The summed E-state index contributed by atoms with van der Waals surface area (Å²) in [4.78, 5) is 21.9. The van der Waals surface area contributed by atoms with Crippen LogP contribution in [0.1, 0.15) is 0 Å². The molecule has 0 saturated heterocycles. The van der Waals surface area contributed by atoms with E-state index in [0.29, 0.717) is 6.07 Å². The van der Waals surface area contributed by atoms with Crippen molar-refractivity contribution in [2.45, 2.75) is 0 Å². The molecule has 98 valence electrons. The van der Waals surface area contributed by atoms with Crippen LogP contribution < -0.4 is 10.1 Å². The lowest BCUT2D eigenvalue weighted by Gasteiger charge is -2.07. The van der Waals surface area contributed by atoms with E-state index in [9.17, 15) is 18.4 Å². The zero-order valence-electron chi connectivity index (χ0n) is 9.54. The number of nitrogens with one attached hydrogen (secondary N) is 1. The van der Waals surface area contributed by atoms with Gasteiger partial charge in [-0.15, -0.1) is 0 Å². The molecular weight excluding hydrogens is 248 g/mol. The number of hydrogen-bond donors (Lipinski definition) is 1. The molecule has 1 N–H and O–H groups in total. The molecule has 1 aromatic rings. The van der Waals surface area contributed by atoms with E-state index >= 15 is 0 Å². The minimum Gasteiger partial charge on any atom is -0.484 e. The topological polar surface area (TPSA) is 64.6 Å². The highest BCUT2D eigenvalue weighted by atomic mass is 19.1. The average molecular weight is 259 g/mol. The number of benzene rings is 1. The summed E-state index contributed by atoms with van der Waals surface area (Å²) in [5.74, 6) is -2.94. The molecule has 1 aromatic carbocycles. The molecule has 1 rings (SSSR count). The third-order valence-electron chi connectivity index (χ3n) is 1.86. The molecule has 0 bridgehead atoms. The van der Waals surface area contributed by atoms with Crippen LogP contribution >= 0.6 is 0 Å². The highest BCUT2D eigenvalue weighted by Gasteiger charge is 2.07. The minimum atomic E-state index is -0.806. The number of esters is 1. The maximum absolute atomic E-state index is 12.8. The SMILES string of the molecule is COC(=O)CNC(=O)COc1cc(F)cc(F)c1. The van der Waals surface area contributed by atoms with Gasteiger partial charge in [0.25, 0.3) is 5.91 Å². The molecule has 1 amide bonds. The van der Waals surface area contributed by atoms with Crippen LogP contribution in [0.3, 0.4) is 0 Å². The predicted molar refractivity (Wildman–Crippen MR) is 56.9 cm³/mol. The molecule has 0 aromatic heterocycles. The molecule has 0 radical (unpaired) electrons. The Labute approximate surface area is 102 Å². The third-order valence-corrected chi connectivity index (χ3v) is 1.86. The van der Waals surface area contributed by atoms with Crippen LogP contribution in [0.4, 0.5) is 8.78 Å². The maximum atomic E-state index is 12.8. The summed E-state index contributed by atoms with van der Waals surface area (Å²) in [7, 11) is 1.18. The van der Waals surface area contributed by atoms with Gasteiger partial charge < -0.3 is 14.8 Å². The van der Waals surface area contributed by atoms with Crippen molar-refractivity contribution < 1.29 is 27.8 Å². The highest BCUT2D eigenvalue weighted by Crippen LogP contribution is 2.14. The second kappa shape index (κ2) is 6.53. The summed E-state index contributed by atoms with van der Waals surface area (Å²) in [6, 6.07) is 2.57. The Morgan fingerprint density at radius 3 is 2.39 bits per heavy atom. The first-order valence-corrected chi connectivity index (χ1v) is 4.93. The quantitative estimate of drug-likeness (QED) is 0.788. The van der Waals surface area contributed by atoms with Gasteiger partial charge in [0.15, 0.2) is 6.61 Å². The van der Waals surface area contributed by atoms with Gasteiger partial charge in [-0.25, -0.2) is 8.78 Å². The first-order chi connectivity index (χ1) is 8.51. The van der Waals surface area contributed by atoms with Gasteiger partial charge in [0.2, 0.25) is 0 Å². The van der Waals surface area contributed by atoms with Crippen LogP contribution in [0, 0.1) is 11.6 Å². The first-order valence-electron chi connectivity index (χ1n) is 4.93. The van der Waals surface area contributed by atoms with Crippen molar-refractivity contribution in [3.63, 3.8) is 0 Å². The monoisotopic (exact) mass is 259 g/mol. The Kier molecular flexibility index (Phi) is 5.04. The molecule has 0 aliphatic rings. The molecule has 5 nitrogen and oxygen atoms in total. The minimum absolute atomic E-state index is 0.110. The summed E-state index contributed by atoms with van der Waals surface area (Å²) in [5.41, 5.74) is 0. The van der Waals surface area contributed by atoms with Crippen LogP contribution in [0.25, 0.3) is 0 Å². The highest BCUT2D eigenvalue weighted by molar-refractivity contribution is 5.82. The van der Waals surface area contributed by atoms with Gasteiger partial charge in [-0.3, -0.25) is 9.59 Å². The Bertz CT molecular complexity index is 430. The first kappa shape index (κ1) is 13.9. The molecule has 0 fully saturated rings. The smallest absolute Gasteiger partial charge is 0.325 e. The zero-order chi connectivity index (χ0) is 13.5. The Balaban J connectivity index is 2.40. The van der Waals surface area contributed by atoms with Crippen LogP contribution in [0.15, 0.2) is 18.2 Å². The molecule has 0 aliphatic carbocycles.